The Kier molecular flexibility index (Phi) is 9.55. The number of benzene rings is 1. The highest BCUT2D eigenvalue weighted by molar-refractivity contribution is 5.78. The van der Waals surface area contributed by atoms with E-state index in [4.69, 9.17) is 18.9 Å². The minimum atomic E-state index is -0.560. The lowest BCUT2D eigenvalue weighted by Gasteiger charge is -2.50. The quantitative estimate of drug-likeness (QED) is 0.473. The first-order chi connectivity index (χ1) is 17.0. The first kappa shape index (κ1) is 28.2. The smallest absolute Gasteiger partial charge is 0.410 e. The SMILES string of the molecule is COCC(C)COCc1ccc(C2=CC3CN(C(=O)OC(C)(C)C)CC(C2CC(=O)OC)N3C)cc1. The third-order valence-electron chi connectivity index (χ3n) is 6.77. The predicted molar refractivity (Wildman–Crippen MR) is 138 cm³/mol. The maximum atomic E-state index is 12.8. The molecule has 4 atom stereocenters. The number of carbonyl (C=O) groups excluding carboxylic acids is 2. The molecule has 1 aromatic rings. The minimum absolute atomic E-state index is 0.0272. The van der Waals surface area contributed by atoms with Crippen LogP contribution in [0.3, 0.4) is 0 Å². The second-order valence-electron chi connectivity index (χ2n) is 11.0. The summed E-state index contributed by atoms with van der Waals surface area (Å²) in [4.78, 5) is 29.3. The molecular weight excluding hydrogens is 460 g/mol. The van der Waals surface area contributed by atoms with Crippen molar-refractivity contribution in [2.45, 2.75) is 58.4 Å². The van der Waals surface area contributed by atoms with Gasteiger partial charge in [0.25, 0.3) is 0 Å². The zero-order valence-corrected chi connectivity index (χ0v) is 22.8. The van der Waals surface area contributed by atoms with Gasteiger partial charge in [0.1, 0.15) is 5.60 Å². The van der Waals surface area contributed by atoms with Gasteiger partial charge in [-0.25, -0.2) is 4.79 Å². The van der Waals surface area contributed by atoms with Crippen LogP contribution < -0.4 is 0 Å². The number of rotatable bonds is 9. The summed E-state index contributed by atoms with van der Waals surface area (Å²) in [6.45, 7) is 10.6. The van der Waals surface area contributed by atoms with Gasteiger partial charge in [-0.2, -0.15) is 0 Å². The summed E-state index contributed by atoms with van der Waals surface area (Å²) in [5, 5.41) is 0. The van der Waals surface area contributed by atoms with Gasteiger partial charge in [0.2, 0.25) is 0 Å². The van der Waals surface area contributed by atoms with Gasteiger partial charge in [-0.1, -0.05) is 37.3 Å². The number of piperazine rings is 1. The number of hydrogen-bond donors (Lipinski definition) is 0. The predicted octanol–water partition coefficient (Wildman–Crippen LogP) is 3.98. The first-order valence-electron chi connectivity index (χ1n) is 12.7. The van der Waals surface area contributed by atoms with E-state index in [1.807, 2.05) is 20.8 Å². The molecule has 1 saturated heterocycles. The summed E-state index contributed by atoms with van der Waals surface area (Å²) in [6.07, 6.45) is 2.12. The van der Waals surface area contributed by atoms with Crippen molar-refractivity contribution in [2.24, 2.45) is 11.8 Å². The van der Waals surface area contributed by atoms with Crippen molar-refractivity contribution >= 4 is 17.6 Å². The van der Waals surface area contributed by atoms with E-state index in [1.165, 1.54) is 7.11 Å². The highest BCUT2D eigenvalue weighted by Gasteiger charge is 2.44. The van der Waals surface area contributed by atoms with E-state index in [1.54, 1.807) is 12.0 Å². The van der Waals surface area contributed by atoms with Crippen LogP contribution in [0.5, 0.6) is 0 Å². The number of fused-ring (bicyclic) bond motifs is 2. The molecule has 0 spiro atoms. The van der Waals surface area contributed by atoms with Crippen molar-refractivity contribution in [1.29, 1.82) is 0 Å². The molecule has 8 heteroatoms. The van der Waals surface area contributed by atoms with Gasteiger partial charge in [-0.3, -0.25) is 9.69 Å². The lowest BCUT2D eigenvalue weighted by Crippen LogP contribution is -2.62. The van der Waals surface area contributed by atoms with E-state index in [0.717, 1.165) is 16.7 Å². The van der Waals surface area contributed by atoms with Gasteiger partial charge in [-0.15, -0.1) is 0 Å². The van der Waals surface area contributed by atoms with E-state index < -0.39 is 5.60 Å². The fourth-order valence-electron chi connectivity index (χ4n) is 4.95. The fourth-order valence-corrected chi connectivity index (χ4v) is 4.95. The Bertz CT molecular complexity index is 923. The summed E-state index contributed by atoms with van der Waals surface area (Å²) in [5.41, 5.74) is 2.74. The molecule has 36 heavy (non-hydrogen) atoms. The van der Waals surface area contributed by atoms with Crippen molar-refractivity contribution in [2.75, 3.05) is 47.6 Å². The molecule has 2 bridgehead atoms. The van der Waals surface area contributed by atoms with Gasteiger partial charge >= 0.3 is 12.1 Å². The van der Waals surface area contributed by atoms with Gasteiger partial charge in [-0.05, 0) is 44.5 Å². The van der Waals surface area contributed by atoms with E-state index in [-0.39, 0.29) is 36.5 Å². The molecule has 4 unspecified atom stereocenters. The van der Waals surface area contributed by atoms with Crippen molar-refractivity contribution < 1.29 is 28.5 Å². The summed E-state index contributed by atoms with van der Waals surface area (Å²) in [6, 6.07) is 8.35. The second-order valence-corrected chi connectivity index (χ2v) is 11.0. The molecule has 8 nitrogen and oxygen atoms in total. The molecule has 2 aliphatic heterocycles. The monoisotopic (exact) mass is 502 g/mol. The molecule has 1 amide bonds. The Morgan fingerprint density at radius 1 is 1.08 bits per heavy atom. The van der Waals surface area contributed by atoms with Crippen LogP contribution in [0.1, 0.15) is 45.2 Å². The molecule has 1 aromatic carbocycles. The Morgan fingerprint density at radius 2 is 1.78 bits per heavy atom. The molecule has 0 N–H and O–H groups in total. The molecule has 1 fully saturated rings. The molecule has 0 aromatic heterocycles. The van der Waals surface area contributed by atoms with Crippen LogP contribution in [0.2, 0.25) is 0 Å². The largest absolute Gasteiger partial charge is 0.469 e. The molecule has 3 rings (SSSR count). The topological polar surface area (TPSA) is 77.5 Å². The second kappa shape index (κ2) is 12.2. The number of carbonyl (C=O) groups is 2. The Morgan fingerprint density at radius 3 is 2.39 bits per heavy atom. The molecule has 0 radical (unpaired) electrons. The first-order valence-corrected chi connectivity index (χ1v) is 12.7. The normalized spacial score (nSPS) is 23.1. The standard InChI is InChI=1S/C28H42N2O6/c1-19(16-33-6)17-35-18-20-8-10-21(11-9-20)23-12-22-14-30(27(32)36-28(2,3)4)15-25(29(22)5)24(23)13-26(31)34-7/h8-12,19,22,24-25H,13-18H2,1-7H3. The summed E-state index contributed by atoms with van der Waals surface area (Å²) in [7, 11) is 5.17. The van der Waals surface area contributed by atoms with Crippen molar-refractivity contribution in [1.82, 2.24) is 9.80 Å². The Hall–Kier alpha value is -2.42. The summed E-state index contributed by atoms with van der Waals surface area (Å²) < 4.78 is 21.7. The third-order valence-corrected chi connectivity index (χ3v) is 6.77. The number of amides is 1. The van der Waals surface area contributed by atoms with Crippen LogP contribution in [-0.2, 0) is 30.3 Å². The van der Waals surface area contributed by atoms with Crippen LogP contribution in [0, 0.1) is 11.8 Å². The van der Waals surface area contributed by atoms with E-state index in [0.29, 0.717) is 38.8 Å². The van der Waals surface area contributed by atoms with Crippen LogP contribution in [0.15, 0.2) is 30.3 Å². The number of methoxy groups -OCH3 is 2. The molecular formula is C28H42N2O6. The van der Waals surface area contributed by atoms with E-state index >= 15 is 0 Å². The lowest BCUT2D eigenvalue weighted by molar-refractivity contribution is -0.142. The van der Waals surface area contributed by atoms with Gasteiger partial charge < -0.3 is 23.8 Å². The van der Waals surface area contributed by atoms with Crippen LogP contribution >= 0.6 is 0 Å². The van der Waals surface area contributed by atoms with Crippen LogP contribution in [0.25, 0.3) is 5.57 Å². The highest BCUT2D eigenvalue weighted by Crippen LogP contribution is 2.39. The number of ether oxygens (including phenoxy) is 4. The molecule has 0 aliphatic carbocycles. The van der Waals surface area contributed by atoms with Gasteiger partial charge in [0, 0.05) is 44.1 Å². The number of nitrogens with zero attached hydrogens (tertiary/aromatic N) is 2. The number of esters is 1. The maximum absolute atomic E-state index is 12.8. The zero-order valence-electron chi connectivity index (χ0n) is 22.8. The Labute approximate surface area is 215 Å². The number of hydrogen-bond acceptors (Lipinski definition) is 7. The maximum Gasteiger partial charge on any atom is 0.410 e. The van der Waals surface area contributed by atoms with Crippen LogP contribution in [-0.4, -0.2) is 87.1 Å². The Balaban J connectivity index is 1.80. The highest BCUT2D eigenvalue weighted by atomic mass is 16.6. The van der Waals surface area contributed by atoms with Crippen molar-refractivity contribution in [3.8, 4) is 0 Å². The van der Waals surface area contributed by atoms with E-state index in [2.05, 4.69) is 49.2 Å². The van der Waals surface area contributed by atoms with Crippen LogP contribution in [0.4, 0.5) is 4.79 Å². The summed E-state index contributed by atoms with van der Waals surface area (Å²) in [5.74, 6) is -0.0272. The molecule has 0 saturated carbocycles. The van der Waals surface area contributed by atoms with Crippen molar-refractivity contribution in [3.05, 3.63) is 41.5 Å². The zero-order chi connectivity index (χ0) is 26.5. The molecule has 200 valence electrons. The molecule has 2 aliphatic rings. The summed E-state index contributed by atoms with van der Waals surface area (Å²) >= 11 is 0. The number of likely N-dealkylation sites (N-methyl/N-ethyl adjacent to an activating group) is 1. The van der Waals surface area contributed by atoms with Gasteiger partial charge in [0.15, 0.2) is 0 Å². The third kappa shape index (κ3) is 7.31. The van der Waals surface area contributed by atoms with Crippen molar-refractivity contribution in [3.63, 3.8) is 0 Å². The molecule has 2 heterocycles. The lowest BCUT2D eigenvalue weighted by atomic mass is 9.77. The minimum Gasteiger partial charge on any atom is -0.469 e. The average Bonchev–Trinajstić information content (AvgIpc) is 2.80. The van der Waals surface area contributed by atoms with E-state index in [9.17, 15) is 9.59 Å². The fraction of sp³-hybridized carbons (Fsp3) is 0.643. The average molecular weight is 503 g/mol. The van der Waals surface area contributed by atoms with Gasteiger partial charge in [0.05, 0.1) is 33.4 Å².